The van der Waals surface area contributed by atoms with E-state index in [2.05, 4.69) is 0 Å². The van der Waals surface area contributed by atoms with Crippen molar-refractivity contribution in [3.63, 3.8) is 0 Å². The highest BCUT2D eigenvalue weighted by atomic mass is 32.2. The predicted octanol–water partition coefficient (Wildman–Crippen LogP) is 0.846. The molecule has 0 amide bonds. The molecule has 0 heterocycles. The number of sulfone groups is 1. The van der Waals surface area contributed by atoms with Crippen molar-refractivity contribution < 1.29 is 13.2 Å². The van der Waals surface area contributed by atoms with Crippen LogP contribution in [0.1, 0.15) is 20.8 Å². The summed E-state index contributed by atoms with van der Waals surface area (Å²) < 4.78 is 26.7. The Balaban J connectivity index is 4.26. The lowest BCUT2D eigenvalue weighted by Crippen LogP contribution is -2.31. The van der Waals surface area contributed by atoms with E-state index in [0.717, 1.165) is 0 Å². The molecule has 0 spiro atoms. The molecule has 0 rings (SSSR count). The first kappa shape index (κ1) is 10.9. The standard InChI is InChI=1S/C7H16O3S/c1-7(2,3)11(8,9)6-5-10-4/h5-6H2,1-4H3. The monoisotopic (exact) mass is 180 g/mol. The molecule has 0 N–H and O–H groups in total. The SMILES string of the molecule is COCCS(=O)(=O)C(C)(C)C. The van der Waals surface area contributed by atoms with Crippen LogP contribution in [0.4, 0.5) is 0 Å². The van der Waals surface area contributed by atoms with E-state index in [0.29, 0.717) is 0 Å². The fraction of sp³-hybridized carbons (Fsp3) is 1.00. The molecule has 0 aromatic carbocycles. The molecule has 68 valence electrons. The summed E-state index contributed by atoms with van der Waals surface area (Å²) in [7, 11) is -1.49. The van der Waals surface area contributed by atoms with E-state index < -0.39 is 14.6 Å². The molecule has 0 fully saturated rings. The number of methoxy groups -OCH3 is 1. The Morgan fingerprint density at radius 3 is 2.00 bits per heavy atom. The highest BCUT2D eigenvalue weighted by Crippen LogP contribution is 2.15. The van der Waals surface area contributed by atoms with E-state index in [1.807, 2.05) is 0 Å². The van der Waals surface area contributed by atoms with Crippen molar-refractivity contribution in [1.29, 1.82) is 0 Å². The molecule has 0 bridgehead atoms. The molecule has 0 radical (unpaired) electrons. The van der Waals surface area contributed by atoms with Gasteiger partial charge in [0.05, 0.1) is 17.1 Å². The molecular weight excluding hydrogens is 164 g/mol. The molecule has 11 heavy (non-hydrogen) atoms. The average molecular weight is 180 g/mol. The first-order chi connectivity index (χ1) is 4.81. The van der Waals surface area contributed by atoms with Gasteiger partial charge in [0.15, 0.2) is 9.84 Å². The van der Waals surface area contributed by atoms with E-state index in [-0.39, 0.29) is 12.4 Å². The third kappa shape index (κ3) is 3.20. The predicted molar refractivity (Wildman–Crippen MR) is 45.4 cm³/mol. The Labute approximate surface area is 68.7 Å². The molecule has 0 atom stereocenters. The maximum absolute atomic E-state index is 11.3. The van der Waals surface area contributed by atoms with E-state index in [4.69, 9.17) is 4.74 Å². The number of rotatable bonds is 3. The Morgan fingerprint density at radius 2 is 1.73 bits per heavy atom. The van der Waals surface area contributed by atoms with Crippen molar-refractivity contribution in [2.75, 3.05) is 19.5 Å². The quantitative estimate of drug-likeness (QED) is 0.646. The summed E-state index contributed by atoms with van der Waals surface area (Å²) in [6.45, 7) is 5.35. The average Bonchev–Trinajstić information content (AvgIpc) is 1.81. The second kappa shape index (κ2) is 3.54. The van der Waals surface area contributed by atoms with Gasteiger partial charge in [0, 0.05) is 7.11 Å². The fourth-order valence-electron chi connectivity index (χ4n) is 0.499. The second-order valence-electron chi connectivity index (χ2n) is 3.42. The van der Waals surface area contributed by atoms with E-state index >= 15 is 0 Å². The fourth-order valence-corrected chi connectivity index (χ4v) is 1.50. The summed E-state index contributed by atoms with van der Waals surface area (Å²) in [5, 5.41) is 0. The van der Waals surface area contributed by atoms with Crippen molar-refractivity contribution in [3.05, 3.63) is 0 Å². The minimum atomic E-state index is -2.98. The zero-order chi connectivity index (χ0) is 9.12. The van der Waals surface area contributed by atoms with Gasteiger partial charge >= 0.3 is 0 Å². The van der Waals surface area contributed by atoms with Crippen LogP contribution in [0.3, 0.4) is 0 Å². The van der Waals surface area contributed by atoms with Gasteiger partial charge in [0.1, 0.15) is 0 Å². The van der Waals surface area contributed by atoms with Crippen molar-refractivity contribution >= 4 is 9.84 Å². The van der Waals surface area contributed by atoms with Crippen LogP contribution in [0.15, 0.2) is 0 Å². The van der Waals surface area contributed by atoms with Crippen LogP contribution >= 0.6 is 0 Å². The lowest BCUT2D eigenvalue weighted by molar-refractivity contribution is 0.216. The topological polar surface area (TPSA) is 43.4 Å². The maximum atomic E-state index is 11.3. The van der Waals surface area contributed by atoms with Gasteiger partial charge in [0.2, 0.25) is 0 Å². The number of ether oxygens (including phenoxy) is 1. The molecule has 4 heteroatoms. The highest BCUT2D eigenvalue weighted by molar-refractivity contribution is 7.92. The van der Waals surface area contributed by atoms with Crippen LogP contribution < -0.4 is 0 Å². The molecule has 0 saturated carbocycles. The third-order valence-corrected chi connectivity index (χ3v) is 4.06. The van der Waals surface area contributed by atoms with Gasteiger partial charge in [-0.25, -0.2) is 8.42 Å². The van der Waals surface area contributed by atoms with E-state index in [9.17, 15) is 8.42 Å². The smallest absolute Gasteiger partial charge is 0.157 e. The van der Waals surface area contributed by atoms with Gasteiger partial charge in [-0.15, -0.1) is 0 Å². The lowest BCUT2D eigenvalue weighted by Gasteiger charge is -2.18. The van der Waals surface area contributed by atoms with Gasteiger partial charge in [0.25, 0.3) is 0 Å². The third-order valence-electron chi connectivity index (χ3n) is 1.49. The van der Waals surface area contributed by atoms with Crippen molar-refractivity contribution in [2.45, 2.75) is 25.5 Å². The molecule has 0 aliphatic heterocycles. The molecule has 0 aromatic rings. The van der Waals surface area contributed by atoms with Gasteiger partial charge in [-0.05, 0) is 20.8 Å². The van der Waals surface area contributed by atoms with Gasteiger partial charge < -0.3 is 4.74 Å². The van der Waals surface area contributed by atoms with Crippen LogP contribution in [0, 0.1) is 0 Å². The lowest BCUT2D eigenvalue weighted by atomic mass is 10.3. The maximum Gasteiger partial charge on any atom is 0.157 e. The van der Waals surface area contributed by atoms with Crippen LogP contribution in [0.2, 0.25) is 0 Å². The van der Waals surface area contributed by atoms with Crippen molar-refractivity contribution in [3.8, 4) is 0 Å². The molecule has 0 aromatic heterocycles. The van der Waals surface area contributed by atoms with Crippen molar-refractivity contribution in [1.82, 2.24) is 0 Å². The summed E-state index contributed by atoms with van der Waals surface area (Å²) in [5.74, 6) is 0.104. The molecule has 0 aliphatic rings. The zero-order valence-corrected chi connectivity index (χ0v) is 8.36. The van der Waals surface area contributed by atoms with Crippen LogP contribution in [0.5, 0.6) is 0 Å². The molecule has 0 aliphatic carbocycles. The zero-order valence-electron chi connectivity index (χ0n) is 7.55. The second-order valence-corrected chi connectivity index (χ2v) is 6.29. The van der Waals surface area contributed by atoms with E-state index in [1.54, 1.807) is 20.8 Å². The Morgan fingerprint density at radius 1 is 1.27 bits per heavy atom. The molecule has 3 nitrogen and oxygen atoms in total. The van der Waals surface area contributed by atoms with Crippen molar-refractivity contribution in [2.24, 2.45) is 0 Å². The summed E-state index contributed by atoms with van der Waals surface area (Å²) in [6.07, 6.45) is 0. The summed E-state index contributed by atoms with van der Waals surface area (Å²) in [6, 6.07) is 0. The minimum Gasteiger partial charge on any atom is -0.384 e. The van der Waals surface area contributed by atoms with Gasteiger partial charge in [-0.2, -0.15) is 0 Å². The van der Waals surface area contributed by atoms with Crippen LogP contribution in [0.25, 0.3) is 0 Å². The largest absolute Gasteiger partial charge is 0.384 e. The summed E-state index contributed by atoms with van der Waals surface area (Å²) in [4.78, 5) is 0. The molecular formula is C7H16O3S. The number of hydrogen-bond donors (Lipinski definition) is 0. The minimum absolute atomic E-state index is 0.104. The Kier molecular flexibility index (Phi) is 3.51. The van der Waals surface area contributed by atoms with Gasteiger partial charge in [-0.1, -0.05) is 0 Å². The van der Waals surface area contributed by atoms with E-state index in [1.165, 1.54) is 7.11 Å². The first-order valence-electron chi connectivity index (χ1n) is 3.52. The normalized spacial score (nSPS) is 13.5. The summed E-state index contributed by atoms with van der Waals surface area (Å²) in [5.41, 5.74) is 0. The molecule has 0 unspecified atom stereocenters. The Hall–Kier alpha value is -0.0900. The Bertz CT molecular complexity index is 198. The summed E-state index contributed by atoms with van der Waals surface area (Å²) >= 11 is 0. The highest BCUT2D eigenvalue weighted by Gasteiger charge is 2.27. The van der Waals surface area contributed by atoms with Crippen LogP contribution in [-0.4, -0.2) is 32.6 Å². The molecule has 0 saturated heterocycles. The number of hydrogen-bond acceptors (Lipinski definition) is 3. The van der Waals surface area contributed by atoms with Crippen LogP contribution in [-0.2, 0) is 14.6 Å². The first-order valence-corrected chi connectivity index (χ1v) is 5.18. The van der Waals surface area contributed by atoms with Gasteiger partial charge in [-0.3, -0.25) is 0 Å².